The van der Waals surface area contributed by atoms with Gasteiger partial charge in [-0.3, -0.25) is 4.79 Å². The zero-order valence-corrected chi connectivity index (χ0v) is 13.2. The molecule has 0 unspecified atom stereocenters. The topological polar surface area (TPSA) is 81.7 Å². The van der Waals surface area contributed by atoms with Crippen molar-refractivity contribution in [2.24, 2.45) is 0 Å². The quantitative estimate of drug-likeness (QED) is 0.779. The Morgan fingerprint density at radius 1 is 1.41 bits per heavy atom. The molecule has 1 saturated heterocycles. The summed E-state index contributed by atoms with van der Waals surface area (Å²) in [6.07, 6.45) is -0.308. The van der Waals surface area contributed by atoms with Gasteiger partial charge in [-0.15, -0.1) is 0 Å². The van der Waals surface area contributed by atoms with E-state index in [0.29, 0.717) is 6.54 Å². The van der Waals surface area contributed by atoms with Crippen LogP contribution in [0.25, 0.3) is 0 Å². The first-order valence-electron chi connectivity index (χ1n) is 7.47. The fourth-order valence-corrected chi connectivity index (χ4v) is 2.42. The minimum absolute atomic E-state index is 0.00378. The van der Waals surface area contributed by atoms with Crippen molar-refractivity contribution in [3.05, 3.63) is 29.3 Å². The number of aliphatic hydroxyl groups is 1. The third-order valence-electron chi connectivity index (χ3n) is 3.82. The SMILES string of the molecule is Cc1ccc(N2C[C@H](NC(=O)NC[C@H](C)O)CC2=O)cc1C. The van der Waals surface area contributed by atoms with Gasteiger partial charge in [-0.1, -0.05) is 6.07 Å². The molecule has 0 spiro atoms. The van der Waals surface area contributed by atoms with Crippen molar-refractivity contribution in [2.75, 3.05) is 18.0 Å². The maximum atomic E-state index is 12.1. The third-order valence-corrected chi connectivity index (χ3v) is 3.82. The summed E-state index contributed by atoms with van der Waals surface area (Å²) in [4.78, 5) is 25.5. The predicted octanol–water partition coefficient (Wildman–Crippen LogP) is 1.09. The third kappa shape index (κ3) is 3.98. The Morgan fingerprint density at radius 3 is 2.77 bits per heavy atom. The first kappa shape index (κ1) is 16.3. The lowest BCUT2D eigenvalue weighted by molar-refractivity contribution is -0.117. The van der Waals surface area contributed by atoms with Crippen LogP contribution in [0.2, 0.25) is 0 Å². The second-order valence-electron chi connectivity index (χ2n) is 5.88. The molecule has 0 aromatic heterocycles. The van der Waals surface area contributed by atoms with E-state index in [4.69, 9.17) is 5.11 Å². The van der Waals surface area contributed by atoms with Crippen LogP contribution in [0.1, 0.15) is 24.5 Å². The molecule has 1 fully saturated rings. The highest BCUT2D eigenvalue weighted by Gasteiger charge is 2.31. The van der Waals surface area contributed by atoms with Gasteiger partial charge in [-0.25, -0.2) is 4.79 Å². The molecular weight excluding hydrogens is 282 g/mol. The molecule has 120 valence electrons. The Bertz CT molecular complexity index is 572. The van der Waals surface area contributed by atoms with E-state index < -0.39 is 6.10 Å². The molecule has 6 nitrogen and oxygen atoms in total. The van der Waals surface area contributed by atoms with Gasteiger partial charge in [0.05, 0.1) is 12.1 Å². The Morgan fingerprint density at radius 2 is 2.14 bits per heavy atom. The van der Waals surface area contributed by atoms with Gasteiger partial charge >= 0.3 is 6.03 Å². The van der Waals surface area contributed by atoms with Gasteiger partial charge in [0.15, 0.2) is 0 Å². The summed E-state index contributed by atoms with van der Waals surface area (Å²) in [5.74, 6) is 0.00378. The fraction of sp³-hybridized carbons (Fsp3) is 0.500. The van der Waals surface area contributed by atoms with Gasteiger partial charge in [0.2, 0.25) is 5.91 Å². The minimum atomic E-state index is -0.594. The molecule has 1 aromatic carbocycles. The Hall–Kier alpha value is -2.08. The summed E-state index contributed by atoms with van der Waals surface area (Å²) in [6.45, 7) is 6.29. The van der Waals surface area contributed by atoms with Crippen molar-refractivity contribution < 1.29 is 14.7 Å². The van der Waals surface area contributed by atoms with Crippen molar-refractivity contribution in [1.29, 1.82) is 0 Å². The number of aryl methyl sites for hydroxylation is 2. The normalized spacial score (nSPS) is 19.2. The molecule has 3 N–H and O–H groups in total. The highest BCUT2D eigenvalue weighted by Crippen LogP contribution is 2.23. The zero-order valence-electron chi connectivity index (χ0n) is 13.2. The van der Waals surface area contributed by atoms with Crippen molar-refractivity contribution in [2.45, 2.75) is 39.3 Å². The van der Waals surface area contributed by atoms with Gasteiger partial charge in [-0.05, 0) is 44.0 Å². The highest BCUT2D eigenvalue weighted by molar-refractivity contribution is 5.96. The van der Waals surface area contributed by atoms with Crippen molar-refractivity contribution in [3.8, 4) is 0 Å². The highest BCUT2D eigenvalue weighted by atomic mass is 16.3. The monoisotopic (exact) mass is 305 g/mol. The van der Waals surface area contributed by atoms with Crippen LogP contribution in [0.15, 0.2) is 18.2 Å². The molecule has 1 aliphatic heterocycles. The van der Waals surface area contributed by atoms with Crippen LogP contribution in [0.3, 0.4) is 0 Å². The number of hydrogen-bond donors (Lipinski definition) is 3. The molecule has 1 heterocycles. The Kier molecular flexibility index (Phi) is 5.03. The van der Waals surface area contributed by atoms with Gasteiger partial charge < -0.3 is 20.6 Å². The molecule has 22 heavy (non-hydrogen) atoms. The lowest BCUT2D eigenvalue weighted by Crippen LogP contribution is -2.45. The van der Waals surface area contributed by atoms with Crippen LogP contribution >= 0.6 is 0 Å². The van der Waals surface area contributed by atoms with Crippen LogP contribution in [-0.4, -0.2) is 42.3 Å². The summed E-state index contributed by atoms with van der Waals surface area (Å²) in [5.41, 5.74) is 3.18. The second kappa shape index (κ2) is 6.79. The average Bonchev–Trinajstić information content (AvgIpc) is 2.80. The average molecular weight is 305 g/mol. The van der Waals surface area contributed by atoms with Crippen molar-refractivity contribution >= 4 is 17.6 Å². The summed E-state index contributed by atoms with van der Waals surface area (Å²) in [7, 11) is 0. The number of urea groups is 1. The molecule has 0 bridgehead atoms. The summed E-state index contributed by atoms with van der Waals surface area (Å²) >= 11 is 0. The van der Waals surface area contributed by atoms with E-state index in [0.717, 1.165) is 11.3 Å². The predicted molar refractivity (Wildman–Crippen MR) is 84.9 cm³/mol. The summed E-state index contributed by atoms with van der Waals surface area (Å²) < 4.78 is 0. The number of aliphatic hydroxyl groups excluding tert-OH is 1. The number of hydrogen-bond acceptors (Lipinski definition) is 3. The van der Waals surface area contributed by atoms with Gasteiger partial charge in [0.1, 0.15) is 0 Å². The first-order chi connectivity index (χ1) is 10.4. The molecule has 6 heteroatoms. The van der Waals surface area contributed by atoms with E-state index >= 15 is 0 Å². The zero-order chi connectivity index (χ0) is 16.3. The van der Waals surface area contributed by atoms with Crippen molar-refractivity contribution in [3.63, 3.8) is 0 Å². The molecule has 2 atom stereocenters. The molecule has 3 amide bonds. The van der Waals surface area contributed by atoms with E-state index in [1.807, 2.05) is 32.0 Å². The molecule has 0 aliphatic carbocycles. The van der Waals surface area contributed by atoms with E-state index in [1.165, 1.54) is 5.56 Å². The second-order valence-corrected chi connectivity index (χ2v) is 5.88. The number of benzene rings is 1. The number of carbonyl (C=O) groups is 2. The Balaban J connectivity index is 1.95. The van der Waals surface area contributed by atoms with Crippen LogP contribution in [0.4, 0.5) is 10.5 Å². The standard InChI is InChI=1S/C16H23N3O3/c1-10-4-5-14(6-11(10)2)19-9-13(7-15(19)21)18-16(22)17-8-12(3)20/h4-6,12-13,20H,7-9H2,1-3H3,(H2,17,18,22)/t12-,13+/m0/s1. The molecular formula is C16H23N3O3. The van der Waals surface area contributed by atoms with Crippen LogP contribution in [-0.2, 0) is 4.79 Å². The maximum Gasteiger partial charge on any atom is 0.315 e. The van der Waals surface area contributed by atoms with Gasteiger partial charge in [0, 0.05) is 25.2 Å². The molecule has 2 rings (SSSR count). The van der Waals surface area contributed by atoms with Crippen molar-refractivity contribution in [1.82, 2.24) is 10.6 Å². The number of amides is 3. The maximum absolute atomic E-state index is 12.1. The fourth-order valence-electron chi connectivity index (χ4n) is 2.42. The van der Waals surface area contributed by atoms with Gasteiger partial charge in [-0.2, -0.15) is 0 Å². The number of rotatable bonds is 4. The van der Waals surface area contributed by atoms with E-state index in [9.17, 15) is 9.59 Å². The van der Waals surface area contributed by atoms with E-state index in [-0.39, 0.29) is 30.9 Å². The summed E-state index contributed by atoms with van der Waals surface area (Å²) in [5, 5.41) is 14.5. The van der Waals surface area contributed by atoms with Crippen LogP contribution in [0.5, 0.6) is 0 Å². The summed E-state index contributed by atoms with van der Waals surface area (Å²) in [6, 6.07) is 5.33. The number of nitrogens with one attached hydrogen (secondary N) is 2. The van der Waals surface area contributed by atoms with Crippen LogP contribution < -0.4 is 15.5 Å². The largest absolute Gasteiger partial charge is 0.392 e. The smallest absolute Gasteiger partial charge is 0.315 e. The molecule has 0 radical (unpaired) electrons. The number of carbonyl (C=O) groups excluding carboxylic acids is 2. The minimum Gasteiger partial charge on any atom is -0.392 e. The first-order valence-corrected chi connectivity index (χ1v) is 7.47. The Labute approximate surface area is 130 Å². The molecule has 1 aromatic rings. The number of nitrogens with zero attached hydrogens (tertiary/aromatic N) is 1. The lowest BCUT2D eigenvalue weighted by atomic mass is 10.1. The van der Waals surface area contributed by atoms with Gasteiger partial charge in [0.25, 0.3) is 0 Å². The number of anilines is 1. The van der Waals surface area contributed by atoms with E-state index in [1.54, 1.807) is 11.8 Å². The van der Waals surface area contributed by atoms with Crippen LogP contribution in [0, 0.1) is 13.8 Å². The molecule has 1 aliphatic rings. The lowest BCUT2D eigenvalue weighted by Gasteiger charge is -2.18. The van der Waals surface area contributed by atoms with E-state index in [2.05, 4.69) is 10.6 Å². The molecule has 0 saturated carbocycles.